The van der Waals surface area contributed by atoms with Gasteiger partial charge >= 0.3 is 6.03 Å². The maximum atomic E-state index is 11.7. The number of benzene rings is 1. The predicted octanol–water partition coefficient (Wildman–Crippen LogP) is 2.42. The largest absolute Gasteiger partial charge is 0.381 e. The van der Waals surface area contributed by atoms with Gasteiger partial charge in [-0.25, -0.2) is 4.79 Å². The lowest BCUT2D eigenvalue weighted by Gasteiger charge is -2.09. The number of carbonyl (C=O) groups is 2. The number of rotatable bonds is 9. The highest BCUT2D eigenvalue weighted by atomic mass is 16.5. The van der Waals surface area contributed by atoms with Gasteiger partial charge in [0.2, 0.25) is 5.91 Å². The molecule has 0 heterocycles. The van der Waals surface area contributed by atoms with Crippen LogP contribution in [0, 0.1) is 6.92 Å². The Morgan fingerprint density at radius 1 is 1.23 bits per heavy atom. The third-order valence-corrected chi connectivity index (χ3v) is 3.14. The number of unbranched alkanes of at least 4 members (excludes halogenated alkanes) is 1. The van der Waals surface area contributed by atoms with Crippen LogP contribution in [-0.2, 0) is 4.74 Å². The molecule has 0 aliphatic heterocycles. The van der Waals surface area contributed by atoms with Crippen LogP contribution in [0.15, 0.2) is 18.2 Å². The van der Waals surface area contributed by atoms with Gasteiger partial charge in [0.1, 0.15) is 0 Å². The van der Waals surface area contributed by atoms with Crippen LogP contribution in [0.5, 0.6) is 0 Å². The standard InChI is InChI=1S/C16H25N3O3/c1-3-4-9-22-10-5-8-18-16(21)19-13-6-7-14(15(17)20)12(2)11-13/h6-7,11H,3-5,8-10H2,1-2H3,(H2,17,20)(H2,18,19,21). The van der Waals surface area contributed by atoms with E-state index >= 15 is 0 Å². The Hall–Kier alpha value is -2.08. The molecule has 0 radical (unpaired) electrons. The Morgan fingerprint density at radius 2 is 1.95 bits per heavy atom. The summed E-state index contributed by atoms with van der Waals surface area (Å²) in [5, 5.41) is 5.47. The number of anilines is 1. The van der Waals surface area contributed by atoms with Gasteiger partial charge in [-0.3, -0.25) is 4.79 Å². The van der Waals surface area contributed by atoms with Gasteiger partial charge in [0, 0.05) is 31.0 Å². The van der Waals surface area contributed by atoms with Crippen LogP contribution in [0.2, 0.25) is 0 Å². The molecule has 0 fully saturated rings. The average Bonchev–Trinajstić information content (AvgIpc) is 2.46. The fraction of sp³-hybridized carbons (Fsp3) is 0.500. The topological polar surface area (TPSA) is 93.4 Å². The number of hydrogen-bond donors (Lipinski definition) is 3. The van der Waals surface area contributed by atoms with Gasteiger partial charge in [0.15, 0.2) is 0 Å². The van der Waals surface area contributed by atoms with Crippen molar-refractivity contribution in [1.29, 1.82) is 0 Å². The number of urea groups is 1. The zero-order valence-electron chi connectivity index (χ0n) is 13.3. The van der Waals surface area contributed by atoms with Crippen LogP contribution in [0.4, 0.5) is 10.5 Å². The number of aryl methyl sites for hydroxylation is 1. The molecule has 0 aromatic heterocycles. The molecule has 3 amide bonds. The third kappa shape index (κ3) is 6.58. The molecule has 0 atom stereocenters. The van der Waals surface area contributed by atoms with Crippen molar-refractivity contribution < 1.29 is 14.3 Å². The zero-order valence-corrected chi connectivity index (χ0v) is 13.3. The minimum absolute atomic E-state index is 0.278. The lowest BCUT2D eigenvalue weighted by Crippen LogP contribution is -2.30. The van der Waals surface area contributed by atoms with E-state index in [2.05, 4.69) is 17.6 Å². The summed E-state index contributed by atoms with van der Waals surface area (Å²) in [5.74, 6) is -0.475. The van der Waals surface area contributed by atoms with E-state index in [9.17, 15) is 9.59 Å². The van der Waals surface area contributed by atoms with Crippen molar-refractivity contribution in [2.24, 2.45) is 5.73 Å². The monoisotopic (exact) mass is 307 g/mol. The number of primary amides is 1. The van der Waals surface area contributed by atoms with Gasteiger partial charge in [-0.1, -0.05) is 13.3 Å². The fourth-order valence-corrected chi connectivity index (χ4v) is 1.92. The molecule has 0 bridgehead atoms. The van der Waals surface area contributed by atoms with Crippen molar-refractivity contribution in [2.45, 2.75) is 33.1 Å². The maximum Gasteiger partial charge on any atom is 0.319 e. The van der Waals surface area contributed by atoms with E-state index in [0.29, 0.717) is 24.4 Å². The highest BCUT2D eigenvalue weighted by Crippen LogP contribution is 2.14. The highest BCUT2D eigenvalue weighted by molar-refractivity contribution is 5.95. The maximum absolute atomic E-state index is 11.7. The summed E-state index contributed by atoms with van der Waals surface area (Å²) >= 11 is 0. The van der Waals surface area contributed by atoms with Gasteiger partial charge in [-0.2, -0.15) is 0 Å². The highest BCUT2D eigenvalue weighted by Gasteiger charge is 2.07. The molecule has 1 aromatic carbocycles. The number of ether oxygens (including phenoxy) is 1. The molecular formula is C16H25N3O3. The molecule has 122 valence electrons. The Balaban J connectivity index is 2.28. The van der Waals surface area contributed by atoms with Gasteiger partial charge in [-0.15, -0.1) is 0 Å². The van der Waals surface area contributed by atoms with E-state index in [1.54, 1.807) is 25.1 Å². The van der Waals surface area contributed by atoms with Crippen LogP contribution in [0.3, 0.4) is 0 Å². The van der Waals surface area contributed by atoms with Crippen molar-refractivity contribution in [2.75, 3.05) is 25.1 Å². The second kappa shape index (κ2) is 9.78. The van der Waals surface area contributed by atoms with Gasteiger partial charge in [-0.05, 0) is 43.5 Å². The molecule has 0 aliphatic rings. The Labute approximate surface area is 131 Å². The quantitative estimate of drug-likeness (QED) is 0.612. The average molecular weight is 307 g/mol. The van der Waals surface area contributed by atoms with Crippen LogP contribution < -0.4 is 16.4 Å². The fourth-order valence-electron chi connectivity index (χ4n) is 1.92. The third-order valence-electron chi connectivity index (χ3n) is 3.14. The summed E-state index contributed by atoms with van der Waals surface area (Å²) in [6.07, 6.45) is 2.96. The Morgan fingerprint density at radius 3 is 2.59 bits per heavy atom. The molecule has 1 aromatic rings. The van der Waals surface area contributed by atoms with Gasteiger partial charge in [0.25, 0.3) is 0 Å². The van der Waals surface area contributed by atoms with Crippen LogP contribution in [0.1, 0.15) is 42.1 Å². The minimum atomic E-state index is -0.475. The molecule has 0 unspecified atom stereocenters. The van der Waals surface area contributed by atoms with Gasteiger partial charge < -0.3 is 21.1 Å². The molecule has 0 saturated carbocycles. The summed E-state index contributed by atoms with van der Waals surface area (Å²) < 4.78 is 5.41. The van der Waals surface area contributed by atoms with Crippen molar-refractivity contribution in [3.63, 3.8) is 0 Å². The van der Waals surface area contributed by atoms with E-state index in [0.717, 1.165) is 31.4 Å². The minimum Gasteiger partial charge on any atom is -0.381 e. The molecule has 22 heavy (non-hydrogen) atoms. The first kappa shape index (κ1) is 18.0. The summed E-state index contributed by atoms with van der Waals surface area (Å²) in [4.78, 5) is 22.9. The van der Waals surface area contributed by atoms with E-state index in [-0.39, 0.29) is 6.03 Å². The van der Waals surface area contributed by atoms with E-state index in [1.807, 2.05) is 0 Å². The predicted molar refractivity (Wildman–Crippen MR) is 87.1 cm³/mol. The summed E-state index contributed by atoms with van der Waals surface area (Å²) in [7, 11) is 0. The van der Waals surface area contributed by atoms with Crippen LogP contribution >= 0.6 is 0 Å². The van der Waals surface area contributed by atoms with Crippen LogP contribution in [0.25, 0.3) is 0 Å². The SMILES string of the molecule is CCCCOCCCNC(=O)Nc1ccc(C(N)=O)c(C)c1. The Bertz CT molecular complexity index is 503. The van der Waals surface area contributed by atoms with Crippen LogP contribution in [-0.4, -0.2) is 31.7 Å². The molecule has 6 heteroatoms. The number of nitrogens with one attached hydrogen (secondary N) is 2. The van der Waals surface area contributed by atoms with E-state index < -0.39 is 5.91 Å². The van der Waals surface area contributed by atoms with E-state index in [1.165, 1.54) is 0 Å². The van der Waals surface area contributed by atoms with Crippen molar-refractivity contribution in [1.82, 2.24) is 5.32 Å². The second-order valence-electron chi connectivity index (χ2n) is 5.09. The molecule has 6 nitrogen and oxygen atoms in total. The first-order valence-electron chi connectivity index (χ1n) is 7.57. The van der Waals surface area contributed by atoms with E-state index in [4.69, 9.17) is 10.5 Å². The number of carbonyl (C=O) groups excluding carboxylic acids is 2. The zero-order chi connectivity index (χ0) is 16.4. The summed E-state index contributed by atoms with van der Waals surface area (Å²) in [6.45, 7) is 5.86. The van der Waals surface area contributed by atoms with Crippen molar-refractivity contribution >= 4 is 17.6 Å². The molecule has 0 aliphatic carbocycles. The molecule has 0 saturated heterocycles. The molecule has 4 N–H and O–H groups in total. The second-order valence-corrected chi connectivity index (χ2v) is 5.09. The Kier molecular flexibility index (Phi) is 7.99. The summed E-state index contributed by atoms with van der Waals surface area (Å²) in [5.41, 5.74) is 7.05. The van der Waals surface area contributed by atoms with Gasteiger partial charge in [0.05, 0.1) is 0 Å². The number of hydrogen-bond acceptors (Lipinski definition) is 3. The van der Waals surface area contributed by atoms with Crippen molar-refractivity contribution in [3.05, 3.63) is 29.3 Å². The lowest BCUT2D eigenvalue weighted by molar-refractivity contribution is 0.0999. The first-order chi connectivity index (χ1) is 10.5. The molecular weight excluding hydrogens is 282 g/mol. The number of amides is 3. The number of nitrogens with two attached hydrogens (primary N) is 1. The molecule has 1 rings (SSSR count). The molecule has 0 spiro atoms. The first-order valence-corrected chi connectivity index (χ1v) is 7.57. The normalized spacial score (nSPS) is 10.3. The summed E-state index contributed by atoms with van der Waals surface area (Å²) in [6, 6.07) is 4.70. The van der Waals surface area contributed by atoms with Crippen molar-refractivity contribution in [3.8, 4) is 0 Å². The lowest BCUT2D eigenvalue weighted by atomic mass is 10.1. The smallest absolute Gasteiger partial charge is 0.319 e.